The van der Waals surface area contributed by atoms with Crippen LogP contribution in [0.15, 0.2) is 30.3 Å². The van der Waals surface area contributed by atoms with Crippen molar-refractivity contribution in [3.05, 3.63) is 41.7 Å². The number of para-hydroxylation sites is 1. The van der Waals surface area contributed by atoms with Crippen LogP contribution in [-0.2, 0) is 9.53 Å². The number of ether oxygens (including phenoxy) is 1. The van der Waals surface area contributed by atoms with Crippen molar-refractivity contribution in [1.29, 1.82) is 0 Å². The highest BCUT2D eigenvalue weighted by molar-refractivity contribution is 5.92. The highest BCUT2D eigenvalue weighted by Crippen LogP contribution is 2.22. The number of carbonyl (C=O) groups is 1. The van der Waals surface area contributed by atoms with Crippen LogP contribution in [0, 0.1) is 13.8 Å². The van der Waals surface area contributed by atoms with Gasteiger partial charge in [0.2, 0.25) is 5.91 Å². The van der Waals surface area contributed by atoms with Crippen LogP contribution in [0.5, 0.6) is 0 Å². The van der Waals surface area contributed by atoms with E-state index in [0.717, 1.165) is 5.69 Å². The number of benzene rings is 1. The van der Waals surface area contributed by atoms with E-state index in [-0.39, 0.29) is 0 Å². The average molecular weight is 327 g/mol. The van der Waals surface area contributed by atoms with E-state index in [2.05, 4.69) is 15.2 Å². The van der Waals surface area contributed by atoms with Gasteiger partial charge in [-0.25, -0.2) is 4.68 Å². The maximum atomic E-state index is 12.0. The number of amides is 1. The van der Waals surface area contributed by atoms with Gasteiger partial charge in [-0.1, -0.05) is 18.2 Å². The lowest BCUT2D eigenvalue weighted by atomic mass is 10.3. The van der Waals surface area contributed by atoms with Gasteiger partial charge in [-0.3, -0.25) is 4.79 Å². The quantitative estimate of drug-likeness (QED) is 0.918. The first-order valence-electron chi connectivity index (χ1n) is 6.84. The molecule has 23 heavy (non-hydrogen) atoms. The highest BCUT2D eigenvalue weighted by Gasteiger charge is 2.28. The fraction of sp³-hybridized carbons (Fsp3) is 0.333. The van der Waals surface area contributed by atoms with Crippen LogP contribution in [0.3, 0.4) is 0 Å². The standard InChI is InChI=1S/C15H16F3N3O2/c1-10-14(19-13(22)8-23-9-15(16,17)18)11(2)21(20-10)12-6-4-3-5-7-12/h3-7H,8-9H2,1-2H3,(H,19,22). The first kappa shape index (κ1) is 17.0. The van der Waals surface area contributed by atoms with Crippen molar-refractivity contribution in [1.82, 2.24) is 9.78 Å². The molecule has 2 rings (SSSR count). The Bertz CT molecular complexity index is 681. The summed E-state index contributed by atoms with van der Waals surface area (Å²) in [5, 5.41) is 6.87. The molecule has 1 aromatic carbocycles. The summed E-state index contributed by atoms with van der Waals surface area (Å²) >= 11 is 0. The third-order valence-corrected chi connectivity index (χ3v) is 3.06. The van der Waals surface area contributed by atoms with E-state index in [1.807, 2.05) is 30.3 Å². The van der Waals surface area contributed by atoms with Crippen molar-refractivity contribution in [3.63, 3.8) is 0 Å². The number of anilines is 1. The molecule has 2 aromatic rings. The molecule has 0 saturated heterocycles. The van der Waals surface area contributed by atoms with Crippen LogP contribution in [0.25, 0.3) is 5.69 Å². The molecule has 0 unspecified atom stereocenters. The summed E-state index contributed by atoms with van der Waals surface area (Å²) in [7, 11) is 0. The fourth-order valence-corrected chi connectivity index (χ4v) is 2.08. The van der Waals surface area contributed by atoms with Gasteiger partial charge in [0.1, 0.15) is 13.2 Å². The van der Waals surface area contributed by atoms with Gasteiger partial charge < -0.3 is 10.1 Å². The molecule has 0 bridgehead atoms. The van der Waals surface area contributed by atoms with Crippen molar-refractivity contribution in [2.75, 3.05) is 18.5 Å². The SMILES string of the molecule is Cc1nn(-c2ccccc2)c(C)c1NC(=O)COCC(F)(F)F. The summed E-state index contributed by atoms with van der Waals surface area (Å²) in [6.07, 6.45) is -4.45. The van der Waals surface area contributed by atoms with Gasteiger partial charge in [0.15, 0.2) is 0 Å². The topological polar surface area (TPSA) is 56.2 Å². The lowest BCUT2D eigenvalue weighted by molar-refractivity contribution is -0.174. The fourth-order valence-electron chi connectivity index (χ4n) is 2.08. The Morgan fingerprint density at radius 2 is 1.91 bits per heavy atom. The molecule has 1 aromatic heterocycles. The number of nitrogens with one attached hydrogen (secondary N) is 1. The molecule has 1 N–H and O–H groups in total. The van der Waals surface area contributed by atoms with E-state index in [0.29, 0.717) is 17.1 Å². The Labute approximate surface area is 131 Å². The summed E-state index contributed by atoms with van der Waals surface area (Å²) < 4.78 is 41.9. The molecular weight excluding hydrogens is 311 g/mol. The second kappa shape index (κ2) is 6.82. The molecule has 0 radical (unpaired) electrons. The monoisotopic (exact) mass is 327 g/mol. The molecule has 0 fully saturated rings. The Balaban J connectivity index is 2.06. The van der Waals surface area contributed by atoms with Crippen LogP contribution in [-0.4, -0.2) is 35.1 Å². The first-order valence-corrected chi connectivity index (χ1v) is 6.84. The molecule has 5 nitrogen and oxygen atoms in total. The van der Waals surface area contributed by atoms with Gasteiger partial charge in [0.05, 0.1) is 22.8 Å². The molecule has 1 heterocycles. The van der Waals surface area contributed by atoms with Gasteiger partial charge in [0, 0.05) is 0 Å². The van der Waals surface area contributed by atoms with Crippen molar-refractivity contribution >= 4 is 11.6 Å². The summed E-state index contributed by atoms with van der Waals surface area (Å²) in [5.74, 6) is -0.659. The zero-order chi connectivity index (χ0) is 17.0. The van der Waals surface area contributed by atoms with Crippen molar-refractivity contribution in [2.45, 2.75) is 20.0 Å². The van der Waals surface area contributed by atoms with E-state index in [9.17, 15) is 18.0 Å². The third kappa shape index (κ3) is 4.56. The molecule has 0 aliphatic carbocycles. The lowest BCUT2D eigenvalue weighted by Gasteiger charge is -2.09. The second-order valence-corrected chi connectivity index (χ2v) is 4.95. The first-order chi connectivity index (χ1) is 10.8. The molecule has 0 aliphatic heterocycles. The molecule has 8 heteroatoms. The van der Waals surface area contributed by atoms with Gasteiger partial charge in [-0.2, -0.15) is 18.3 Å². The number of carbonyl (C=O) groups excluding carboxylic acids is 1. The van der Waals surface area contributed by atoms with Crippen molar-refractivity contribution in [2.24, 2.45) is 0 Å². The van der Waals surface area contributed by atoms with E-state index >= 15 is 0 Å². The molecule has 0 spiro atoms. The minimum absolute atomic E-state index is 0.467. The van der Waals surface area contributed by atoms with Gasteiger partial charge >= 0.3 is 6.18 Å². The predicted octanol–water partition coefficient (Wildman–Crippen LogP) is 3.01. The largest absolute Gasteiger partial charge is 0.411 e. The van der Waals surface area contributed by atoms with E-state index in [1.165, 1.54) is 0 Å². The van der Waals surface area contributed by atoms with E-state index in [4.69, 9.17) is 0 Å². The number of rotatable bonds is 5. The number of alkyl halides is 3. The zero-order valence-electron chi connectivity index (χ0n) is 12.6. The number of nitrogens with zero attached hydrogens (tertiary/aromatic N) is 2. The normalized spacial score (nSPS) is 11.5. The molecule has 0 atom stereocenters. The second-order valence-electron chi connectivity index (χ2n) is 4.95. The summed E-state index contributed by atoms with van der Waals surface area (Å²) in [5.41, 5.74) is 2.53. The van der Waals surface area contributed by atoms with Gasteiger partial charge in [-0.05, 0) is 26.0 Å². The third-order valence-electron chi connectivity index (χ3n) is 3.06. The van der Waals surface area contributed by atoms with Crippen LogP contribution < -0.4 is 5.32 Å². The van der Waals surface area contributed by atoms with Crippen LogP contribution in [0.1, 0.15) is 11.4 Å². The van der Waals surface area contributed by atoms with Crippen LogP contribution >= 0.6 is 0 Å². The number of aromatic nitrogens is 2. The zero-order valence-corrected chi connectivity index (χ0v) is 12.6. The van der Waals surface area contributed by atoms with E-state index < -0.39 is 25.3 Å². The Kier molecular flexibility index (Phi) is 5.05. The summed E-state index contributed by atoms with van der Waals surface area (Å²) in [6, 6.07) is 9.30. The number of hydrogen-bond acceptors (Lipinski definition) is 3. The van der Waals surface area contributed by atoms with Crippen LogP contribution in [0.4, 0.5) is 18.9 Å². The number of hydrogen-bond donors (Lipinski definition) is 1. The van der Waals surface area contributed by atoms with Crippen LogP contribution in [0.2, 0.25) is 0 Å². The summed E-state index contributed by atoms with van der Waals surface area (Å²) in [4.78, 5) is 11.7. The minimum Gasteiger partial charge on any atom is -0.362 e. The van der Waals surface area contributed by atoms with Gasteiger partial charge in [-0.15, -0.1) is 0 Å². The van der Waals surface area contributed by atoms with E-state index in [1.54, 1.807) is 18.5 Å². The predicted molar refractivity (Wildman–Crippen MR) is 78.5 cm³/mol. The number of aryl methyl sites for hydroxylation is 1. The minimum atomic E-state index is -4.45. The Morgan fingerprint density at radius 3 is 2.52 bits per heavy atom. The van der Waals surface area contributed by atoms with Gasteiger partial charge in [0.25, 0.3) is 0 Å². The Hall–Kier alpha value is -2.35. The average Bonchev–Trinajstić information content (AvgIpc) is 2.75. The maximum Gasteiger partial charge on any atom is 0.411 e. The summed E-state index contributed by atoms with van der Waals surface area (Å²) in [6.45, 7) is 1.34. The molecule has 0 aliphatic rings. The van der Waals surface area contributed by atoms with Crippen molar-refractivity contribution in [3.8, 4) is 5.69 Å². The smallest absolute Gasteiger partial charge is 0.362 e. The number of halogens is 3. The molecule has 124 valence electrons. The Morgan fingerprint density at radius 1 is 1.26 bits per heavy atom. The highest BCUT2D eigenvalue weighted by atomic mass is 19.4. The lowest BCUT2D eigenvalue weighted by Crippen LogP contribution is -2.24. The molecule has 0 saturated carbocycles. The molecular formula is C15H16F3N3O2. The maximum absolute atomic E-state index is 12.0. The molecule has 1 amide bonds. The van der Waals surface area contributed by atoms with Crippen molar-refractivity contribution < 1.29 is 22.7 Å².